The maximum absolute atomic E-state index is 9.09. The van der Waals surface area contributed by atoms with Crippen molar-refractivity contribution in [3.05, 3.63) is 41.7 Å². The van der Waals surface area contributed by atoms with Gasteiger partial charge in [0.15, 0.2) is 11.6 Å². The Morgan fingerprint density at radius 1 is 1.28 bits per heavy atom. The van der Waals surface area contributed by atoms with E-state index >= 15 is 0 Å². The number of imidazole rings is 1. The first kappa shape index (κ1) is 10.6. The molecule has 88 valence electrons. The minimum Gasteiger partial charge on any atom is -0.458 e. The summed E-state index contributed by atoms with van der Waals surface area (Å²) in [5.41, 5.74) is 2.22. The number of aromatic nitrogens is 2. The van der Waals surface area contributed by atoms with Gasteiger partial charge in [-0.3, -0.25) is 0 Å². The maximum Gasteiger partial charge on any atom is 0.177 e. The Hall–Kier alpha value is -2.54. The van der Waals surface area contributed by atoms with Crippen LogP contribution in [0.3, 0.4) is 0 Å². The highest BCUT2D eigenvalue weighted by molar-refractivity contribution is 5.84. The molecule has 0 bridgehead atoms. The van der Waals surface area contributed by atoms with E-state index in [2.05, 4.69) is 11.1 Å². The summed E-state index contributed by atoms with van der Waals surface area (Å²) in [6, 6.07) is 11.5. The Morgan fingerprint density at radius 3 is 2.78 bits per heavy atom. The molecule has 0 radical (unpaired) electrons. The van der Waals surface area contributed by atoms with Gasteiger partial charge in [0.2, 0.25) is 0 Å². The molecule has 0 N–H and O–H groups in total. The molecule has 0 aliphatic carbocycles. The van der Waals surface area contributed by atoms with Crippen molar-refractivity contribution in [1.29, 1.82) is 5.26 Å². The number of nitriles is 1. The van der Waals surface area contributed by atoms with Crippen LogP contribution in [0, 0.1) is 18.3 Å². The summed E-state index contributed by atoms with van der Waals surface area (Å²) >= 11 is 0. The summed E-state index contributed by atoms with van der Waals surface area (Å²) in [5.74, 6) is 2.30. The van der Waals surface area contributed by atoms with Gasteiger partial charge in [-0.05, 0) is 31.2 Å². The van der Waals surface area contributed by atoms with Crippen LogP contribution in [0.15, 0.2) is 34.7 Å². The first-order valence-corrected chi connectivity index (χ1v) is 5.63. The molecule has 0 saturated heterocycles. The van der Waals surface area contributed by atoms with E-state index in [-0.39, 0.29) is 0 Å². The second-order valence-electron chi connectivity index (χ2n) is 4.19. The van der Waals surface area contributed by atoms with Crippen LogP contribution < -0.4 is 0 Å². The smallest absolute Gasteiger partial charge is 0.177 e. The second kappa shape index (κ2) is 3.74. The number of hydrogen-bond acceptors (Lipinski definition) is 3. The lowest BCUT2D eigenvalue weighted by Crippen LogP contribution is -1.90. The quantitative estimate of drug-likeness (QED) is 0.653. The van der Waals surface area contributed by atoms with Gasteiger partial charge in [0.25, 0.3) is 0 Å². The van der Waals surface area contributed by atoms with E-state index < -0.39 is 0 Å². The van der Waals surface area contributed by atoms with Gasteiger partial charge in [0.05, 0.1) is 11.1 Å². The van der Waals surface area contributed by atoms with E-state index in [0.717, 1.165) is 22.9 Å². The lowest BCUT2D eigenvalue weighted by Gasteiger charge is -1.98. The van der Waals surface area contributed by atoms with Crippen molar-refractivity contribution in [2.75, 3.05) is 0 Å². The van der Waals surface area contributed by atoms with Gasteiger partial charge in [0.1, 0.15) is 17.3 Å². The summed E-state index contributed by atoms with van der Waals surface area (Å²) in [6.07, 6.45) is 0. The lowest BCUT2D eigenvalue weighted by molar-refractivity contribution is 0.542. The van der Waals surface area contributed by atoms with Gasteiger partial charge >= 0.3 is 0 Å². The van der Waals surface area contributed by atoms with Crippen molar-refractivity contribution < 1.29 is 4.42 Å². The fourth-order valence-corrected chi connectivity index (χ4v) is 2.08. The van der Waals surface area contributed by atoms with Crippen molar-refractivity contribution in [2.45, 2.75) is 6.92 Å². The zero-order chi connectivity index (χ0) is 12.7. The zero-order valence-corrected chi connectivity index (χ0v) is 10.1. The second-order valence-corrected chi connectivity index (χ2v) is 4.19. The molecule has 2 heterocycles. The number of hydrogen-bond donors (Lipinski definition) is 0. The third kappa shape index (κ3) is 1.41. The van der Waals surface area contributed by atoms with Gasteiger partial charge in [-0.25, -0.2) is 4.98 Å². The Morgan fingerprint density at radius 2 is 2.11 bits per heavy atom. The summed E-state index contributed by atoms with van der Waals surface area (Å²) in [6.45, 7) is 1.90. The minimum atomic E-state index is 0.581. The lowest BCUT2D eigenvalue weighted by atomic mass is 10.2. The van der Waals surface area contributed by atoms with Crippen LogP contribution in [0.5, 0.6) is 0 Å². The Balaban J connectivity index is 2.33. The van der Waals surface area contributed by atoms with E-state index in [1.165, 1.54) is 0 Å². The number of para-hydroxylation sites is 1. The third-order valence-electron chi connectivity index (χ3n) is 2.99. The summed E-state index contributed by atoms with van der Waals surface area (Å²) in [7, 11) is 1.92. The molecule has 3 rings (SSSR count). The standard InChI is InChI=1S/C14H11N3O/c1-9-6-7-12(18-9)14-16-13-10(8-15)4-3-5-11(13)17(14)2/h3-7H,1-2H3. The van der Waals surface area contributed by atoms with Crippen molar-refractivity contribution in [2.24, 2.45) is 7.05 Å². The van der Waals surface area contributed by atoms with Crippen LogP contribution >= 0.6 is 0 Å². The monoisotopic (exact) mass is 237 g/mol. The molecule has 0 unspecified atom stereocenters. The largest absolute Gasteiger partial charge is 0.458 e. The molecule has 0 aliphatic rings. The van der Waals surface area contributed by atoms with Crippen LogP contribution in [0.1, 0.15) is 11.3 Å². The van der Waals surface area contributed by atoms with E-state index in [9.17, 15) is 0 Å². The number of nitrogens with zero attached hydrogens (tertiary/aromatic N) is 3. The van der Waals surface area contributed by atoms with Crippen molar-refractivity contribution in [3.63, 3.8) is 0 Å². The third-order valence-corrected chi connectivity index (χ3v) is 2.99. The predicted molar refractivity (Wildman–Crippen MR) is 67.9 cm³/mol. The van der Waals surface area contributed by atoms with Gasteiger partial charge < -0.3 is 8.98 Å². The molecule has 0 saturated carbocycles. The number of aryl methyl sites for hydroxylation is 2. The molecule has 0 atom stereocenters. The van der Waals surface area contributed by atoms with Crippen LogP contribution in [0.25, 0.3) is 22.6 Å². The molecule has 3 aromatic rings. The zero-order valence-electron chi connectivity index (χ0n) is 10.1. The predicted octanol–water partition coefficient (Wildman–Crippen LogP) is 3.01. The fourth-order valence-electron chi connectivity index (χ4n) is 2.08. The Labute approximate surface area is 104 Å². The minimum absolute atomic E-state index is 0.581. The van der Waals surface area contributed by atoms with E-state index in [1.807, 2.05) is 42.8 Å². The highest BCUT2D eigenvalue weighted by Gasteiger charge is 2.14. The molecule has 0 spiro atoms. The molecule has 0 amide bonds. The van der Waals surface area contributed by atoms with Gasteiger partial charge in [-0.1, -0.05) is 6.07 Å². The molecular weight excluding hydrogens is 226 g/mol. The molecule has 0 fully saturated rings. The molecule has 2 aromatic heterocycles. The highest BCUT2D eigenvalue weighted by Crippen LogP contribution is 2.26. The molecule has 1 aromatic carbocycles. The van der Waals surface area contributed by atoms with Crippen LogP contribution in [-0.4, -0.2) is 9.55 Å². The topological polar surface area (TPSA) is 54.8 Å². The fraction of sp³-hybridized carbons (Fsp3) is 0.143. The van der Waals surface area contributed by atoms with Gasteiger partial charge in [-0.15, -0.1) is 0 Å². The van der Waals surface area contributed by atoms with Gasteiger partial charge in [0, 0.05) is 7.05 Å². The highest BCUT2D eigenvalue weighted by atomic mass is 16.3. The van der Waals surface area contributed by atoms with Crippen molar-refractivity contribution >= 4 is 11.0 Å². The summed E-state index contributed by atoms with van der Waals surface area (Å²) in [4.78, 5) is 4.51. The normalized spacial score (nSPS) is 10.7. The summed E-state index contributed by atoms with van der Waals surface area (Å²) in [5, 5.41) is 9.09. The summed E-state index contributed by atoms with van der Waals surface area (Å²) < 4.78 is 7.53. The Bertz CT molecular complexity index is 774. The van der Waals surface area contributed by atoms with E-state index in [4.69, 9.17) is 9.68 Å². The number of furan rings is 1. The average molecular weight is 237 g/mol. The van der Waals surface area contributed by atoms with Crippen LogP contribution in [0.2, 0.25) is 0 Å². The molecular formula is C14H11N3O. The molecule has 4 nitrogen and oxygen atoms in total. The SMILES string of the molecule is Cc1ccc(-c2nc3c(C#N)cccc3n2C)o1. The number of fused-ring (bicyclic) bond motifs is 1. The number of rotatable bonds is 1. The molecule has 18 heavy (non-hydrogen) atoms. The van der Waals surface area contributed by atoms with E-state index in [0.29, 0.717) is 11.1 Å². The first-order chi connectivity index (χ1) is 8.70. The maximum atomic E-state index is 9.09. The molecule has 0 aliphatic heterocycles. The molecule has 4 heteroatoms. The first-order valence-electron chi connectivity index (χ1n) is 5.63. The van der Waals surface area contributed by atoms with Crippen LogP contribution in [0.4, 0.5) is 0 Å². The Kier molecular flexibility index (Phi) is 2.20. The van der Waals surface area contributed by atoms with Crippen molar-refractivity contribution in [1.82, 2.24) is 9.55 Å². The van der Waals surface area contributed by atoms with Gasteiger partial charge in [-0.2, -0.15) is 5.26 Å². The average Bonchev–Trinajstić information content (AvgIpc) is 2.94. The van der Waals surface area contributed by atoms with Crippen molar-refractivity contribution in [3.8, 4) is 17.7 Å². The van der Waals surface area contributed by atoms with E-state index in [1.54, 1.807) is 6.07 Å². The van der Waals surface area contributed by atoms with Crippen LogP contribution in [-0.2, 0) is 7.05 Å². The number of benzene rings is 1.